The van der Waals surface area contributed by atoms with Gasteiger partial charge < -0.3 is 20.6 Å². The molecule has 190 valence electrons. The van der Waals surface area contributed by atoms with Crippen molar-refractivity contribution in [2.75, 3.05) is 17.3 Å². The third-order valence-electron chi connectivity index (χ3n) is 5.91. The van der Waals surface area contributed by atoms with Crippen molar-refractivity contribution in [3.05, 3.63) is 89.7 Å². The first-order valence-electron chi connectivity index (χ1n) is 12.1. The smallest absolute Gasteiger partial charge is 0.405 e. The van der Waals surface area contributed by atoms with Gasteiger partial charge in [-0.2, -0.15) is 4.98 Å². The zero-order valence-electron chi connectivity index (χ0n) is 21.4. The minimum atomic E-state index is -1.04. The molecular weight excluding hydrogens is 466 g/mol. The molecule has 37 heavy (non-hydrogen) atoms. The second-order valence-electron chi connectivity index (χ2n) is 9.02. The number of carboxylic acid groups (broad SMARTS) is 1. The Hall–Kier alpha value is -4.53. The van der Waals surface area contributed by atoms with E-state index in [0.29, 0.717) is 11.8 Å². The summed E-state index contributed by atoms with van der Waals surface area (Å²) in [6, 6.07) is 21.3. The van der Waals surface area contributed by atoms with E-state index in [-0.39, 0.29) is 12.1 Å². The zero-order valence-corrected chi connectivity index (χ0v) is 21.4. The zero-order chi connectivity index (χ0) is 26.4. The van der Waals surface area contributed by atoms with E-state index in [1.165, 1.54) is 0 Å². The summed E-state index contributed by atoms with van der Waals surface area (Å²) >= 11 is 0. The molecule has 0 aliphatic heterocycles. The molecule has 0 saturated carbocycles. The predicted octanol–water partition coefficient (Wildman–Crippen LogP) is 5.38. The normalized spacial score (nSPS) is 12.4. The molecule has 2 aromatic heterocycles. The highest BCUT2D eigenvalue weighted by molar-refractivity contribution is 5.65. The number of hydrogen-bond donors (Lipinski definition) is 3. The summed E-state index contributed by atoms with van der Waals surface area (Å²) in [5.41, 5.74) is 3.79. The molecule has 0 spiro atoms. The predicted molar refractivity (Wildman–Crippen MR) is 145 cm³/mol. The molecule has 0 unspecified atom stereocenters. The van der Waals surface area contributed by atoms with Gasteiger partial charge in [0.25, 0.3) is 0 Å². The van der Waals surface area contributed by atoms with Gasteiger partial charge >= 0.3 is 6.09 Å². The largest absolute Gasteiger partial charge is 0.465 e. The molecule has 9 heteroatoms. The molecule has 9 nitrogen and oxygen atoms in total. The second kappa shape index (κ2) is 11.5. The molecule has 2 heterocycles. The van der Waals surface area contributed by atoms with Crippen LogP contribution in [0, 0.1) is 6.92 Å². The Morgan fingerprint density at radius 1 is 0.973 bits per heavy atom. The van der Waals surface area contributed by atoms with Crippen molar-refractivity contribution in [3.8, 4) is 11.4 Å². The molecular formula is C28H31N7O2. The van der Waals surface area contributed by atoms with E-state index in [1.54, 1.807) is 6.20 Å². The third kappa shape index (κ3) is 6.78. The Bertz CT molecular complexity index is 1360. The van der Waals surface area contributed by atoms with Crippen molar-refractivity contribution < 1.29 is 9.90 Å². The molecule has 0 radical (unpaired) electrons. The fourth-order valence-electron chi connectivity index (χ4n) is 4.05. The number of amides is 1. The maximum atomic E-state index is 11.0. The van der Waals surface area contributed by atoms with Crippen molar-refractivity contribution in [2.45, 2.75) is 39.3 Å². The van der Waals surface area contributed by atoms with E-state index in [2.05, 4.69) is 27.5 Å². The minimum Gasteiger partial charge on any atom is -0.465 e. The van der Waals surface area contributed by atoms with Gasteiger partial charge in [-0.05, 0) is 44.4 Å². The molecule has 0 bridgehead atoms. The fourth-order valence-corrected chi connectivity index (χ4v) is 4.05. The van der Waals surface area contributed by atoms with Crippen molar-refractivity contribution in [3.63, 3.8) is 0 Å². The van der Waals surface area contributed by atoms with Crippen LogP contribution >= 0.6 is 0 Å². The second-order valence-corrected chi connectivity index (χ2v) is 9.02. The number of nitrogens with zero attached hydrogens (tertiary/aromatic N) is 5. The number of rotatable bonds is 9. The maximum absolute atomic E-state index is 11.0. The van der Waals surface area contributed by atoms with E-state index in [9.17, 15) is 4.79 Å². The van der Waals surface area contributed by atoms with Gasteiger partial charge in [-0.3, -0.25) is 0 Å². The van der Waals surface area contributed by atoms with Crippen molar-refractivity contribution >= 4 is 23.7 Å². The van der Waals surface area contributed by atoms with Gasteiger partial charge in [-0.1, -0.05) is 54.6 Å². The highest BCUT2D eigenvalue weighted by Gasteiger charge is 2.14. The summed E-state index contributed by atoms with van der Waals surface area (Å²) in [7, 11) is 1.92. The van der Waals surface area contributed by atoms with Gasteiger partial charge in [0, 0.05) is 36.6 Å². The van der Waals surface area contributed by atoms with Gasteiger partial charge in [0.2, 0.25) is 5.95 Å². The first kappa shape index (κ1) is 25.6. The Kier molecular flexibility index (Phi) is 7.92. The van der Waals surface area contributed by atoms with E-state index < -0.39 is 6.09 Å². The van der Waals surface area contributed by atoms with E-state index in [1.807, 2.05) is 92.5 Å². The molecule has 4 aromatic rings. The van der Waals surface area contributed by atoms with Crippen LogP contribution < -0.4 is 15.5 Å². The molecule has 4 rings (SSSR count). The lowest BCUT2D eigenvalue weighted by Crippen LogP contribution is -2.25. The standard InChI is InChI=1S/C28H31N7O2/c1-18(15-21-9-8-12-23(17-21)20(3)32-28(36)37)30-27-31-19(2)16-25(34-27)35(4)24-13-14-29-26(33-24)22-10-6-5-7-11-22/h5-14,16-18,20,32H,15H2,1-4H3,(H,36,37)(H,30,31,34)/t18-,20+/m0/s1. The summed E-state index contributed by atoms with van der Waals surface area (Å²) in [6.45, 7) is 5.83. The molecule has 0 aliphatic carbocycles. The molecule has 0 aliphatic rings. The third-order valence-corrected chi connectivity index (χ3v) is 5.91. The minimum absolute atomic E-state index is 0.0432. The van der Waals surface area contributed by atoms with Crippen LogP contribution in [-0.4, -0.2) is 44.2 Å². The number of aryl methyl sites for hydroxylation is 1. The van der Waals surface area contributed by atoms with Crippen molar-refractivity contribution in [2.24, 2.45) is 0 Å². The molecule has 2 aromatic carbocycles. The lowest BCUT2D eigenvalue weighted by molar-refractivity contribution is 0.191. The number of benzene rings is 2. The number of aromatic nitrogens is 4. The molecule has 2 atom stereocenters. The van der Waals surface area contributed by atoms with Crippen LogP contribution in [0.2, 0.25) is 0 Å². The highest BCUT2D eigenvalue weighted by Crippen LogP contribution is 2.24. The van der Waals surface area contributed by atoms with Crippen LogP contribution in [0.15, 0.2) is 72.9 Å². The van der Waals surface area contributed by atoms with E-state index in [4.69, 9.17) is 15.1 Å². The number of carbonyl (C=O) groups is 1. The van der Waals surface area contributed by atoms with Gasteiger partial charge in [0.1, 0.15) is 11.6 Å². The Morgan fingerprint density at radius 2 is 1.76 bits per heavy atom. The Morgan fingerprint density at radius 3 is 2.51 bits per heavy atom. The van der Waals surface area contributed by atoms with Gasteiger partial charge in [0.05, 0.1) is 6.04 Å². The van der Waals surface area contributed by atoms with Crippen LogP contribution in [0.3, 0.4) is 0 Å². The maximum Gasteiger partial charge on any atom is 0.405 e. The topological polar surface area (TPSA) is 116 Å². The number of hydrogen-bond acceptors (Lipinski definition) is 7. The number of anilines is 3. The van der Waals surface area contributed by atoms with Crippen molar-refractivity contribution in [1.82, 2.24) is 25.3 Å². The molecule has 0 saturated heterocycles. The summed E-state index contributed by atoms with van der Waals surface area (Å²) in [5, 5.41) is 14.9. The summed E-state index contributed by atoms with van der Waals surface area (Å²) in [4.78, 5) is 31.4. The van der Waals surface area contributed by atoms with Crippen LogP contribution in [0.25, 0.3) is 11.4 Å². The first-order chi connectivity index (χ1) is 17.8. The van der Waals surface area contributed by atoms with E-state index >= 15 is 0 Å². The average Bonchev–Trinajstić information content (AvgIpc) is 2.88. The average molecular weight is 498 g/mol. The SMILES string of the molecule is Cc1cc(N(C)c2ccnc(-c3ccccc3)n2)nc(N[C@@H](C)Cc2cccc([C@@H](C)NC(=O)O)c2)n1. The molecule has 0 fully saturated rings. The number of nitrogens with one attached hydrogen (secondary N) is 2. The quantitative estimate of drug-likeness (QED) is 0.282. The lowest BCUT2D eigenvalue weighted by atomic mass is 10.0. The van der Waals surface area contributed by atoms with Gasteiger partial charge in [-0.25, -0.2) is 19.7 Å². The van der Waals surface area contributed by atoms with Gasteiger partial charge in [0.15, 0.2) is 5.82 Å². The summed E-state index contributed by atoms with van der Waals surface area (Å²) in [5.74, 6) is 2.63. The molecule has 3 N–H and O–H groups in total. The highest BCUT2D eigenvalue weighted by atomic mass is 16.4. The summed E-state index contributed by atoms with van der Waals surface area (Å²) < 4.78 is 0. The van der Waals surface area contributed by atoms with Crippen molar-refractivity contribution in [1.29, 1.82) is 0 Å². The Balaban J connectivity index is 1.48. The van der Waals surface area contributed by atoms with Crippen LogP contribution in [0.4, 0.5) is 22.4 Å². The summed E-state index contributed by atoms with van der Waals surface area (Å²) in [6.07, 6.45) is 1.43. The monoisotopic (exact) mass is 497 g/mol. The van der Waals surface area contributed by atoms with Crippen LogP contribution in [0.5, 0.6) is 0 Å². The van der Waals surface area contributed by atoms with Crippen LogP contribution in [-0.2, 0) is 6.42 Å². The fraction of sp³-hybridized carbons (Fsp3) is 0.250. The molecule has 1 amide bonds. The lowest BCUT2D eigenvalue weighted by Gasteiger charge is -2.20. The van der Waals surface area contributed by atoms with E-state index in [0.717, 1.165) is 40.4 Å². The van der Waals surface area contributed by atoms with Gasteiger partial charge in [-0.15, -0.1) is 0 Å². The Labute approximate surface area is 216 Å². The first-order valence-corrected chi connectivity index (χ1v) is 12.1. The van der Waals surface area contributed by atoms with Crippen LogP contribution in [0.1, 0.15) is 36.7 Å².